The number of carbonyl (C=O) groups is 1. The van der Waals surface area contributed by atoms with Crippen molar-refractivity contribution in [1.29, 1.82) is 0 Å². The van der Waals surface area contributed by atoms with Crippen LogP contribution in [0.4, 0.5) is 11.4 Å². The van der Waals surface area contributed by atoms with E-state index in [2.05, 4.69) is 33.5 Å². The van der Waals surface area contributed by atoms with Gasteiger partial charge in [-0.3, -0.25) is 14.9 Å². The number of benzene rings is 2. The molecule has 9 nitrogen and oxygen atoms in total. The maximum absolute atomic E-state index is 12.6. The average Bonchev–Trinajstić information content (AvgIpc) is 3.12. The van der Waals surface area contributed by atoms with Crippen LogP contribution in [0.5, 0.6) is 0 Å². The zero-order valence-electron chi connectivity index (χ0n) is 17.2. The van der Waals surface area contributed by atoms with Crippen LogP contribution in [0.25, 0.3) is 5.69 Å². The van der Waals surface area contributed by atoms with Crippen LogP contribution in [0.1, 0.15) is 28.7 Å². The molecule has 3 rings (SSSR count). The maximum Gasteiger partial charge on any atom is 0.273 e. The molecule has 1 amide bonds. The van der Waals surface area contributed by atoms with Crippen molar-refractivity contribution in [2.24, 2.45) is 0 Å². The molecule has 0 aliphatic carbocycles. The molecule has 0 spiro atoms. The summed E-state index contributed by atoms with van der Waals surface area (Å²) in [7, 11) is 0. The molecule has 0 bridgehead atoms. The van der Waals surface area contributed by atoms with Crippen LogP contribution in [-0.2, 0) is 0 Å². The number of nitro benzene ring substituents is 1. The number of nitro groups is 1. The summed E-state index contributed by atoms with van der Waals surface area (Å²) in [6, 6.07) is 14.3. The lowest BCUT2D eigenvalue weighted by molar-refractivity contribution is -0.384. The number of anilines is 1. The third-order valence-corrected chi connectivity index (χ3v) is 4.81. The molecule has 0 saturated carbocycles. The second-order valence-electron chi connectivity index (χ2n) is 6.89. The molecule has 0 aliphatic rings. The van der Waals surface area contributed by atoms with E-state index in [1.54, 1.807) is 19.1 Å². The van der Waals surface area contributed by atoms with Crippen LogP contribution in [-0.4, -0.2) is 45.5 Å². The molecule has 0 aliphatic heterocycles. The van der Waals surface area contributed by atoms with Crippen LogP contribution in [0.15, 0.2) is 48.5 Å². The normalized spacial score (nSPS) is 10.6. The largest absolute Gasteiger partial charge is 0.370 e. The molecule has 0 atom stereocenters. The number of carbonyl (C=O) groups excluding carboxylic acids is 1. The van der Waals surface area contributed by atoms with E-state index in [1.165, 1.54) is 22.4 Å². The minimum Gasteiger partial charge on any atom is -0.370 e. The molecule has 156 valence electrons. The Labute approximate surface area is 174 Å². The fraction of sp³-hybridized carbons (Fsp3) is 0.286. The van der Waals surface area contributed by atoms with Crippen molar-refractivity contribution in [3.63, 3.8) is 0 Å². The van der Waals surface area contributed by atoms with Gasteiger partial charge in [0.25, 0.3) is 11.6 Å². The van der Waals surface area contributed by atoms with E-state index in [9.17, 15) is 14.9 Å². The number of nitrogens with one attached hydrogen (secondary N) is 1. The van der Waals surface area contributed by atoms with Gasteiger partial charge >= 0.3 is 0 Å². The number of nitrogens with zero attached hydrogens (tertiary/aromatic N) is 5. The number of hydrogen-bond donors (Lipinski definition) is 1. The van der Waals surface area contributed by atoms with Crippen LogP contribution in [0, 0.1) is 24.0 Å². The second-order valence-corrected chi connectivity index (χ2v) is 6.89. The van der Waals surface area contributed by atoms with Gasteiger partial charge in [0.2, 0.25) is 0 Å². The molecule has 9 heteroatoms. The van der Waals surface area contributed by atoms with Gasteiger partial charge in [0.1, 0.15) is 0 Å². The highest BCUT2D eigenvalue weighted by atomic mass is 16.6. The Kier molecular flexibility index (Phi) is 6.41. The van der Waals surface area contributed by atoms with Gasteiger partial charge in [-0.2, -0.15) is 0 Å². The molecule has 30 heavy (non-hydrogen) atoms. The standard InChI is InChI=1S/C21H24N6O3/c1-4-25(17-8-5-7-15(2)13-17)12-11-22-21(28)20-16(3)26(24-23-20)18-9-6-10-19(14-18)27(29)30/h5-10,13-14H,4,11-12H2,1-3H3,(H,22,28). The zero-order chi connectivity index (χ0) is 21.7. The summed E-state index contributed by atoms with van der Waals surface area (Å²) in [5, 5.41) is 21.8. The Bertz CT molecular complexity index is 1060. The number of amides is 1. The summed E-state index contributed by atoms with van der Waals surface area (Å²) in [6.07, 6.45) is 0. The zero-order valence-corrected chi connectivity index (χ0v) is 17.2. The van der Waals surface area contributed by atoms with E-state index in [0.29, 0.717) is 24.5 Å². The minimum absolute atomic E-state index is 0.0517. The molecule has 0 saturated heterocycles. The van der Waals surface area contributed by atoms with Crippen molar-refractivity contribution >= 4 is 17.3 Å². The van der Waals surface area contributed by atoms with Gasteiger partial charge in [-0.15, -0.1) is 5.10 Å². The molecule has 1 N–H and O–H groups in total. The van der Waals surface area contributed by atoms with Crippen LogP contribution >= 0.6 is 0 Å². The molecule has 0 fully saturated rings. The lowest BCUT2D eigenvalue weighted by atomic mass is 10.2. The highest BCUT2D eigenvalue weighted by molar-refractivity contribution is 5.93. The average molecular weight is 408 g/mol. The van der Waals surface area contributed by atoms with Crippen molar-refractivity contribution in [2.45, 2.75) is 20.8 Å². The summed E-state index contributed by atoms with van der Waals surface area (Å²) >= 11 is 0. The SMILES string of the molecule is CCN(CCNC(=O)c1nnn(-c2cccc([N+](=O)[O-])c2)c1C)c1cccc(C)c1. The van der Waals surface area contributed by atoms with E-state index in [-0.39, 0.29) is 17.3 Å². The summed E-state index contributed by atoms with van der Waals surface area (Å²) in [6.45, 7) is 7.75. The molecule has 1 aromatic heterocycles. The van der Waals surface area contributed by atoms with Gasteiger partial charge in [0.05, 0.1) is 16.3 Å². The maximum atomic E-state index is 12.6. The molecule has 3 aromatic rings. The number of aryl methyl sites for hydroxylation is 1. The number of aromatic nitrogens is 3. The fourth-order valence-corrected chi connectivity index (χ4v) is 3.21. The second kappa shape index (κ2) is 9.17. The molecule has 1 heterocycles. The lowest BCUT2D eigenvalue weighted by Gasteiger charge is -2.23. The van der Waals surface area contributed by atoms with E-state index < -0.39 is 4.92 Å². The number of likely N-dealkylation sites (N-methyl/N-ethyl adjacent to an activating group) is 1. The Morgan fingerprint density at radius 1 is 1.20 bits per heavy atom. The lowest BCUT2D eigenvalue weighted by Crippen LogP contribution is -2.35. The van der Waals surface area contributed by atoms with Gasteiger partial charge in [-0.25, -0.2) is 4.68 Å². The number of non-ortho nitro benzene ring substituents is 1. The first kappa shape index (κ1) is 21.0. The first-order valence-electron chi connectivity index (χ1n) is 9.67. The quantitative estimate of drug-likeness (QED) is 0.454. The van der Waals surface area contributed by atoms with Gasteiger partial charge in [-0.05, 0) is 44.5 Å². The molecular formula is C21H24N6O3. The van der Waals surface area contributed by atoms with Crippen molar-refractivity contribution in [2.75, 3.05) is 24.5 Å². The van der Waals surface area contributed by atoms with Crippen LogP contribution < -0.4 is 10.2 Å². The van der Waals surface area contributed by atoms with Crippen molar-refractivity contribution in [3.05, 3.63) is 75.6 Å². The Morgan fingerprint density at radius 3 is 2.67 bits per heavy atom. The molecule has 2 aromatic carbocycles. The van der Waals surface area contributed by atoms with Gasteiger partial charge in [0, 0.05) is 37.5 Å². The van der Waals surface area contributed by atoms with E-state index in [4.69, 9.17) is 0 Å². The summed E-state index contributed by atoms with van der Waals surface area (Å²) < 4.78 is 1.42. The Balaban J connectivity index is 1.66. The summed E-state index contributed by atoms with van der Waals surface area (Å²) in [5.74, 6) is -0.329. The van der Waals surface area contributed by atoms with Crippen molar-refractivity contribution in [1.82, 2.24) is 20.3 Å². The monoisotopic (exact) mass is 408 g/mol. The number of rotatable bonds is 8. The van der Waals surface area contributed by atoms with Crippen molar-refractivity contribution < 1.29 is 9.72 Å². The van der Waals surface area contributed by atoms with Gasteiger partial charge < -0.3 is 10.2 Å². The third-order valence-electron chi connectivity index (χ3n) is 4.81. The van der Waals surface area contributed by atoms with Crippen LogP contribution in [0.2, 0.25) is 0 Å². The van der Waals surface area contributed by atoms with E-state index >= 15 is 0 Å². The topological polar surface area (TPSA) is 106 Å². The van der Waals surface area contributed by atoms with Crippen LogP contribution in [0.3, 0.4) is 0 Å². The minimum atomic E-state index is -0.475. The smallest absolute Gasteiger partial charge is 0.273 e. The summed E-state index contributed by atoms with van der Waals surface area (Å²) in [4.78, 5) is 25.3. The van der Waals surface area contributed by atoms with Crippen molar-refractivity contribution in [3.8, 4) is 5.69 Å². The molecular weight excluding hydrogens is 384 g/mol. The Morgan fingerprint density at radius 2 is 1.97 bits per heavy atom. The molecule has 0 radical (unpaired) electrons. The van der Waals surface area contributed by atoms with Gasteiger partial charge in [-0.1, -0.05) is 23.4 Å². The fourth-order valence-electron chi connectivity index (χ4n) is 3.21. The highest BCUT2D eigenvalue weighted by Crippen LogP contribution is 2.18. The Hall–Kier alpha value is -3.75. The predicted molar refractivity (Wildman–Crippen MR) is 114 cm³/mol. The molecule has 0 unspecified atom stereocenters. The van der Waals surface area contributed by atoms with E-state index in [1.807, 2.05) is 25.1 Å². The first-order valence-corrected chi connectivity index (χ1v) is 9.67. The highest BCUT2D eigenvalue weighted by Gasteiger charge is 2.18. The third kappa shape index (κ3) is 4.62. The summed E-state index contributed by atoms with van der Waals surface area (Å²) in [5.41, 5.74) is 3.43. The van der Waals surface area contributed by atoms with E-state index in [0.717, 1.165) is 12.2 Å². The number of hydrogen-bond acceptors (Lipinski definition) is 6. The predicted octanol–water partition coefficient (Wildman–Crippen LogP) is 3.05. The van der Waals surface area contributed by atoms with Gasteiger partial charge in [0.15, 0.2) is 5.69 Å². The first-order chi connectivity index (χ1) is 14.4.